The third kappa shape index (κ3) is 5.98. The van der Waals surface area contributed by atoms with Crippen LogP contribution in [0.15, 0.2) is 53.7 Å². The first-order valence-corrected chi connectivity index (χ1v) is 10.3. The Labute approximate surface area is 183 Å². The molecule has 1 heterocycles. The summed E-state index contributed by atoms with van der Waals surface area (Å²) in [5, 5.41) is 14.9. The van der Waals surface area contributed by atoms with Crippen LogP contribution in [0.25, 0.3) is 0 Å². The van der Waals surface area contributed by atoms with E-state index in [0.29, 0.717) is 33.1 Å². The van der Waals surface area contributed by atoms with Crippen LogP contribution in [-0.4, -0.2) is 39.4 Å². The zero-order chi connectivity index (χ0) is 21.5. The van der Waals surface area contributed by atoms with Crippen molar-refractivity contribution in [2.75, 3.05) is 23.5 Å². The van der Waals surface area contributed by atoms with Crippen LogP contribution >= 0.6 is 23.4 Å². The molecule has 0 bridgehead atoms. The maximum atomic E-state index is 12.3. The molecule has 2 aromatic carbocycles. The zero-order valence-electron chi connectivity index (χ0n) is 16.4. The van der Waals surface area contributed by atoms with E-state index in [1.807, 2.05) is 0 Å². The molecule has 2 amide bonds. The molecule has 156 valence electrons. The summed E-state index contributed by atoms with van der Waals surface area (Å²) in [6.45, 7) is 0. The Balaban J connectivity index is 1.51. The molecule has 1 aromatic heterocycles. The van der Waals surface area contributed by atoms with Crippen LogP contribution in [0.4, 0.5) is 11.4 Å². The predicted molar refractivity (Wildman–Crippen MR) is 117 cm³/mol. The number of hydrogen-bond acceptors (Lipinski definition) is 6. The molecule has 0 saturated heterocycles. The molecular formula is C20H20ClN5O3S. The zero-order valence-corrected chi connectivity index (χ0v) is 18.0. The van der Waals surface area contributed by atoms with Crippen molar-refractivity contribution in [1.82, 2.24) is 14.8 Å². The maximum absolute atomic E-state index is 12.3. The molecular weight excluding hydrogens is 426 g/mol. The summed E-state index contributed by atoms with van der Waals surface area (Å²) >= 11 is 7.07. The van der Waals surface area contributed by atoms with E-state index < -0.39 is 0 Å². The molecule has 0 aliphatic rings. The molecule has 0 fully saturated rings. The van der Waals surface area contributed by atoms with E-state index in [1.165, 1.54) is 11.8 Å². The standard InChI is InChI=1S/C20H20ClN5O3S/c1-26-17(11-18(27)22-15-7-9-16(29-2)10-8-15)24-25-20(26)30-12-19(28)23-14-5-3-13(21)4-6-14/h3-10H,11-12H2,1-2H3,(H,22,27)(H,23,28). The topological polar surface area (TPSA) is 98.1 Å². The highest BCUT2D eigenvalue weighted by atomic mass is 35.5. The molecule has 0 spiro atoms. The molecule has 3 aromatic rings. The van der Waals surface area contributed by atoms with E-state index in [-0.39, 0.29) is 24.0 Å². The summed E-state index contributed by atoms with van der Waals surface area (Å²) in [7, 11) is 3.34. The lowest BCUT2D eigenvalue weighted by Gasteiger charge is -2.07. The molecule has 8 nitrogen and oxygen atoms in total. The van der Waals surface area contributed by atoms with Crippen molar-refractivity contribution in [3.05, 3.63) is 59.4 Å². The smallest absolute Gasteiger partial charge is 0.234 e. The third-order valence-electron chi connectivity index (χ3n) is 4.08. The number of carbonyl (C=O) groups is 2. The summed E-state index contributed by atoms with van der Waals surface area (Å²) in [5.41, 5.74) is 1.33. The highest BCUT2D eigenvalue weighted by Gasteiger charge is 2.15. The lowest BCUT2D eigenvalue weighted by Crippen LogP contribution is -2.17. The molecule has 0 aliphatic heterocycles. The quantitative estimate of drug-likeness (QED) is 0.516. The molecule has 10 heteroatoms. The van der Waals surface area contributed by atoms with Gasteiger partial charge in [0.2, 0.25) is 11.8 Å². The number of nitrogens with one attached hydrogen (secondary N) is 2. The van der Waals surface area contributed by atoms with Gasteiger partial charge in [-0.25, -0.2) is 0 Å². The van der Waals surface area contributed by atoms with Crippen molar-refractivity contribution in [3.63, 3.8) is 0 Å². The Morgan fingerprint density at radius 2 is 1.60 bits per heavy atom. The summed E-state index contributed by atoms with van der Waals surface area (Å²) in [6, 6.07) is 13.9. The summed E-state index contributed by atoms with van der Waals surface area (Å²) < 4.78 is 6.80. The predicted octanol–water partition coefficient (Wildman–Crippen LogP) is 3.39. The largest absolute Gasteiger partial charge is 0.497 e. The van der Waals surface area contributed by atoms with Crippen LogP contribution in [0, 0.1) is 0 Å². The number of hydrogen-bond donors (Lipinski definition) is 2. The first-order valence-electron chi connectivity index (χ1n) is 8.95. The highest BCUT2D eigenvalue weighted by Crippen LogP contribution is 2.19. The SMILES string of the molecule is COc1ccc(NC(=O)Cc2nnc(SCC(=O)Nc3ccc(Cl)cc3)n2C)cc1. The van der Waals surface area contributed by atoms with Gasteiger partial charge in [0.25, 0.3) is 0 Å². The number of methoxy groups -OCH3 is 1. The lowest BCUT2D eigenvalue weighted by molar-refractivity contribution is -0.116. The number of thioether (sulfide) groups is 1. The summed E-state index contributed by atoms with van der Waals surface area (Å²) in [4.78, 5) is 24.4. The van der Waals surface area contributed by atoms with Gasteiger partial charge in [-0.1, -0.05) is 23.4 Å². The Morgan fingerprint density at radius 3 is 2.23 bits per heavy atom. The van der Waals surface area contributed by atoms with Gasteiger partial charge in [-0.15, -0.1) is 10.2 Å². The number of rotatable bonds is 8. The highest BCUT2D eigenvalue weighted by molar-refractivity contribution is 7.99. The van der Waals surface area contributed by atoms with Crippen molar-refractivity contribution < 1.29 is 14.3 Å². The maximum Gasteiger partial charge on any atom is 0.234 e. The normalized spacial score (nSPS) is 10.5. The molecule has 0 atom stereocenters. The van der Waals surface area contributed by atoms with Gasteiger partial charge in [-0.3, -0.25) is 9.59 Å². The number of nitrogens with zero attached hydrogens (tertiary/aromatic N) is 3. The average molecular weight is 446 g/mol. The molecule has 30 heavy (non-hydrogen) atoms. The second kappa shape index (κ2) is 10.1. The fourth-order valence-corrected chi connectivity index (χ4v) is 3.36. The minimum Gasteiger partial charge on any atom is -0.497 e. The van der Waals surface area contributed by atoms with Crippen LogP contribution in [0.1, 0.15) is 5.82 Å². The van der Waals surface area contributed by atoms with E-state index in [1.54, 1.807) is 67.3 Å². The number of halogens is 1. The van der Waals surface area contributed by atoms with Crippen LogP contribution in [0.3, 0.4) is 0 Å². The molecule has 3 rings (SSSR count). The Hall–Kier alpha value is -3.04. The Kier molecular flexibility index (Phi) is 7.31. The van der Waals surface area contributed by atoms with Crippen LogP contribution in [0.5, 0.6) is 5.75 Å². The number of amides is 2. The van der Waals surface area contributed by atoms with E-state index in [2.05, 4.69) is 20.8 Å². The first-order chi connectivity index (χ1) is 14.4. The average Bonchev–Trinajstić information content (AvgIpc) is 3.08. The molecule has 0 saturated carbocycles. The molecule has 0 radical (unpaired) electrons. The van der Waals surface area contributed by atoms with Gasteiger partial charge in [0, 0.05) is 23.4 Å². The molecule has 0 aliphatic carbocycles. The van der Waals surface area contributed by atoms with Gasteiger partial charge >= 0.3 is 0 Å². The van der Waals surface area contributed by atoms with E-state index >= 15 is 0 Å². The van der Waals surface area contributed by atoms with Gasteiger partial charge in [-0.05, 0) is 48.5 Å². The van der Waals surface area contributed by atoms with E-state index in [9.17, 15) is 9.59 Å². The van der Waals surface area contributed by atoms with Crippen molar-refractivity contribution in [1.29, 1.82) is 0 Å². The van der Waals surface area contributed by atoms with Crippen LogP contribution < -0.4 is 15.4 Å². The Bertz CT molecular complexity index is 1020. The van der Waals surface area contributed by atoms with Gasteiger partial charge in [0.15, 0.2) is 5.16 Å². The molecule has 2 N–H and O–H groups in total. The van der Waals surface area contributed by atoms with Gasteiger partial charge in [0.05, 0.1) is 19.3 Å². The third-order valence-corrected chi connectivity index (χ3v) is 5.35. The number of anilines is 2. The van der Waals surface area contributed by atoms with Gasteiger partial charge in [-0.2, -0.15) is 0 Å². The van der Waals surface area contributed by atoms with Crippen LogP contribution in [0.2, 0.25) is 5.02 Å². The number of benzene rings is 2. The van der Waals surface area contributed by atoms with Gasteiger partial charge in [0.1, 0.15) is 11.6 Å². The van der Waals surface area contributed by atoms with Gasteiger partial charge < -0.3 is 19.9 Å². The molecule has 0 unspecified atom stereocenters. The van der Waals surface area contributed by atoms with Crippen molar-refractivity contribution in [2.45, 2.75) is 11.6 Å². The summed E-state index contributed by atoms with van der Waals surface area (Å²) in [6.07, 6.45) is 0.0626. The fourth-order valence-electron chi connectivity index (χ4n) is 2.51. The number of ether oxygens (including phenoxy) is 1. The van der Waals surface area contributed by atoms with Crippen LogP contribution in [-0.2, 0) is 23.1 Å². The van der Waals surface area contributed by atoms with E-state index in [4.69, 9.17) is 16.3 Å². The second-order valence-corrected chi connectivity index (χ2v) is 7.63. The minimum atomic E-state index is -0.215. The minimum absolute atomic E-state index is 0.0626. The lowest BCUT2D eigenvalue weighted by atomic mass is 10.3. The monoisotopic (exact) mass is 445 g/mol. The fraction of sp³-hybridized carbons (Fsp3) is 0.200. The van der Waals surface area contributed by atoms with E-state index in [0.717, 1.165) is 0 Å². The first kappa shape index (κ1) is 21.7. The number of aromatic nitrogens is 3. The van der Waals surface area contributed by atoms with Crippen molar-refractivity contribution in [2.24, 2.45) is 7.05 Å². The van der Waals surface area contributed by atoms with Crippen molar-refractivity contribution >= 4 is 46.6 Å². The number of carbonyl (C=O) groups excluding carboxylic acids is 2. The second-order valence-electron chi connectivity index (χ2n) is 6.26. The van der Waals surface area contributed by atoms with Crippen molar-refractivity contribution in [3.8, 4) is 5.75 Å². The summed E-state index contributed by atoms with van der Waals surface area (Å²) in [5.74, 6) is 0.980. The Morgan fingerprint density at radius 1 is 1.00 bits per heavy atom.